The molecular weight excluding hydrogens is 345 g/mol. The molecule has 1 heterocycles. The molecule has 0 aliphatic carbocycles. The predicted molar refractivity (Wildman–Crippen MR) is 92.9 cm³/mol. The minimum Gasteiger partial charge on any atom is -0.493 e. The highest BCUT2D eigenvalue weighted by molar-refractivity contribution is 9.10. The Morgan fingerprint density at radius 1 is 1.18 bits per heavy atom. The molecule has 1 aliphatic heterocycles. The molecule has 124 valence electrons. The van der Waals surface area contributed by atoms with Crippen molar-refractivity contribution >= 4 is 15.9 Å². The minimum absolute atomic E-state index is 0.270. The average Bonchev–Trinajstić information content (AvgIpc) is 2.51. The van der Waals surface area contributed by atoms with Gasteiger partial charge in [0.15, 0.2) is 0 Å². The van der Waals surface area contributed by atoms with E-state index in [4.69, 9.17) is 4.74 Å². The van der Waals surface area contributed by atoms with E-state index < -0.39 is 0 Å². The van der Waals surface area contributed by atoms with E-state index in [1.807, 2.05) is 0 Å². The quantitative estimate of drug-likeness (QED) is 0.577. The van der Waals surface area contributed by atoms with Crippen molar-refractivity contribution in [1.29, 1.82) is 0 Å². The summed E-state index contributed by atoms with van der Waals surface area (Å²) in [5.41, 5.74) is 0. The number of halogens is 2. The summed E-state index contributed by atoms with van der Waals surface area (Å²) in [5.74, 6) is 1.26. The van der Waals surface area contributed by atoms with Crippen LogP contribution in [-0.4, -0.2) is 31.1 Å². The Labute approximate surface area is 142 Å². The lowest BCUT2D eigenvalue weighted by Crippen LogP contribution is -2.33. The van der Waals surface area contributed by atoms with E-state index in [-0.39, 0.29) is 5.82 Å². The van der Waals surface area contributed by atoms with Gasteiger partial charge in [-0.2, -0.15) is 0 Å². The highest BCUT2D eigenvalue weighted by Crippen LogP contribution is 2.21. The molecule has 0 atom stereocenters. The van der Waals surface area contributed by atoms with Crippen molar-refractivity contribution in [3.8, 4) is 5.75 Å². The largest absolute Gasteiger partial charge is 0.493 e. The number of likely N-dealkylation sites (tertiary alicyclic amines) is 1. The van der Waals surface area contributed by atoms with Crippen molar-refractivity contribution < 1.29 is 9.13 Å². The smallest absolute Gasteiger partial charge is 0.141 e. The molecule has 0 radical (unpaired) electrons. The average molecular weight is 372 g/mol. The van der Waals surface area contributed by atoms with E-state index in [9.17, 15) is 4.39 Å². The van der Waals surface area contributed by atoms with Crippen molar-refractivity contribution in [1.82, 2.24) is 4.90 Å². The van der Waals surface area contributed by atoms with Crippen LogP contribution in [0.25, 0.3) is 0 Å². The zero-order valence-corrected chi connectivity index (χ0v) is 15.1. The van der Waals surface area contributed by atoms with Crippen LogP contribution in [0.1, 0.15) is 45.4 Å². The third-order valence-electron chi connectivity index (χ3n) is 4.40. The maximum absolute atomic E-state index is 13.3. The monoisotopic (exact) mass is 371 g/mol. The van der Waals surface area contributed by atoms with Crippen LogP contribution in [0, 0.1) is 11.7 Å². The van der Waals surface area contributed by atoms with E-state index in [0.29, 0.717) is 16.8 Å². The number of nitrogens with zero attached hydrogens (tertiary/aromatic N) is 1. The topological polar surface area (TPSA) is 12.5 Å². The summed E-state index contributed by atoms with van der Waals surface area (Å²) >= 11 is 3.14. The molecule has 1 fully saturated rings. The fraction of sp³-hybridized carbons (Fsp3) is 0.667. The maximum Gasteiger partial charge on any atom is 0.141 e. The molecule has 0 bridgehead atoms. The van der Waals surface area contributed by atoms with E-state index >= 15 is 0 Å². The zero-order valence-electron chi connectivity index (χ0n) is 13.5. The second-order valence-corrected chi connectivity index (χ2v) is 7.22. The number of unbranched alkanes of at least 4 members (excludes halogenated alkanes) is 3. The van der Waals surface area contributed by atoms with Crippen LogP contribution < -0.4 is 4.74 Å². The normalized spacial score (nSPS) is 16.9. The van der Waals surface area contributed by atoms with Gasteiger partial charge in [-0.15, -0.1) is 0 Å². The van der Waals surface area contributed by atoms with E-state index in [2.05, 4.69) is 27.8 Å². The summed E-state index contributed by atoms with van der Waals surface area (Å²) in [6.45, 7) is 6.82. The molecule has 1 aliphatic rings. The number of ether oxygens (including phenoxy) is 1. The van der Waals surface area contributed by atoms with Gasteiger partial charge in [0, 0.05) is 6.07 Å². The van der Waals surface area contributed by atoms with E-state index in [1.54, 1.807) is 12.1 Å². The van der Waals surface area contributed by atoms with Crippen LogP contribution in [0.3, 0.4) is 0 Å². The molecule has 0 N–H and O–H groups in total. The molecule has 0 amide bonds. The Balaban J connectivity index is 1.48. The fourth-order valence-corrected chi connectivity index (χ4v) is 3.08. The Morgan fingerprint density at radius 2 is 1.91 bits per heavy atom. The summed E-state index contributed by atoms with van der Waals surface area (Å²) in [6.07, 6.45) is 7.47. The Hall–Kier alpha value is -0.610. The molecule has 0 aromatic heterocycles. The summed E-state index contributed by atoms with van der Waals surface area (Å²) in [6, 6.07) is 4.91. The van der Waals surface area contributed by atoms with Crippen molar-refractivity contribution in [2.45, 2.75) is 45.4 Å². The molecule has 0 saturated carbocycles. The molecule has 1 aromatic carbocycles. The van der Waals surface area contributed by atoms with Gasteiger partial charge < -0.3 is 9.64 Å². The molecule has 1 saturated heterocycles. The molecule has 1 aromatic rings. The first-order valence-electron chi connectivity index (χ1n) is 8.45. The van der Waals surface area contributed by atoms with Gasteiger partial charge in [-0.05, 0) is 79.3 Å². The predicted octanol–water partition coefficient (Wildman–Crippen LogP) is 5.26. The first-order valence-corrected chi connectivity index (χ1v) is 9.24. The summed E-state index contributed by atoms with van der Waals surface area (Å²) in [4.78, 5) is 2.60. The van der Waals surface area contributed by atoms with Crippen LogP contribution in [0.4, 0.5) is 4.39 Å². The number of rotatable bonds is 8. The highest BCUT2D eigenvalue weighted by Gasteiger charge is 2.14. The lowest BCUT2D eigenvalue weighted by Gasteiger charge is -2.30. The molecule has 22 heavy (non-hydrogen) atoms. The second-order valence-electron chi connectivity index (χ2n) is 6.36. The molecule has 2 nitrogen and oxygen atoms in total. The van der Waals surface area contributed by atoms with Gasteiger partial charge in [0.25, 0.3) is 0 Å². The molecule has 0 unspecified atom stereocenters. The van der Waals surface area contributed by atoms with Crippen LogP contribution >= 0.6 is 15.9 Å². The first kappa shape index (κ1) is 17.7. The molecule has 2 rings (SSSR count). The lowest BCUT2D eigenvalue weighted by molar-refractivity contribution is 0.188. The molecule has 0 spiro atoms. The second kappa shape index (κ2) is 9.51. The van der Waals surface area contributed by atoms with Gasteiger partial charge in [-0.25, -0.2) is 4.39 Å². The van der Waals surface area contributed by atoms with Crippen molar-refractivity contribution in [2.75, 3.05) is 26.2 Å². The maximum atomic E-state index is 13.3. The van der Waals surface area contributed by atoms with Gasteiger partial charge in [-0.1, -0.05) is 19.8 Å². The van der Waals surface area contributed by atoms with Crippen LogP contribution in [0.2, 0.25) is 0 Å². The van der Waals surface area contributed by atoms with E-state index in [0.717, 1.165) is 12.3 Å². The summed E-state index contributed by atoms with van der Waals surface area (Å²) < 4.78 is 19.4. The van der Waals surface area contributed by atoms with Crippen LogP contribution in [0.15, 0.2) is 22.7 Å². The minimum atomic E-state index is -0.270. The zero-order chi connectivity index (χ0) is 15.8. The number of hydrogen-bond donors (Lipinski definition) is 0. The van der Waals surface area contributed by atoms with Crippen molar-refractivity contribution in [3.63, 3.8) is 0 Å². The van der Waals surface area contributed by atoms with Crippen LogP contribution in [0.5, 0.6) is 5.75 Å². The summed E-state index contributed by atoms with van der Waals surface area (Å²) in [7, 11) is 0. The van der Waals surface area contributed by atoms with E-state index in [1.165, 1.54) is 57.8 Å². The molecular formula is C18H27BrFNO. The highest BCUT2D eigenvalue weighted by atomic mass is 79.9. The lowest BCUT2D eigenvalue weighted by atomic mass is 9.99. The first-order chi connectivity index (χ1) is 10.6. The third kappa shape index (κ3) is 6.25. The number of hydrogen-bond acceptors (Lipinski definition) is 2. The van der Waals surface area contributed by atoms with Gasteiger partial charge in [-0.3, -0.25) is 0 Å². The fourth-order valence-electron chi connectivity index (χ4n) is 2.83. The summed E-state index contributed by atoms with van der Waals surface area (Å²) in [5, 5.41) is 0. The number of benzene rings is 1. The third-order valence-corrected chi connectivity index (χ3v) is 5.05. The molecule has 4 heteroatoms. The number of piperidine rings is 1. The standard InChI is InChI=1S/C18H27BrFNO/c1-15-8-11-21(12-9-15)10-4-2-3-5-13-22-16-6-7-17(19)18(20)14-16/h6-7,14-15H,2-5,8-13H2,1H3. The Bertz CT molecular complexity index is 447. The van der Waals surface area contributed by atoms with Crippen LogP contribution in [-0.2, 0) is 0 Å². The van der Waals surface area contributed by atoms with Gasteiger partial charge >= 0.3 is 0 Å². The van der Waals surface area contributed by atoms with Gasteiger partial charge in [0.2, 0.25) is 0 Å². The van der Waals surface area contributed by atoms with Crippen molar-refractivity contribution in [2.24, 2.45) is 5.92 Å². The van der Waals surface area contributed by atoms with Gasteiger partial charge in [0.05, 0.1) is 11.1 Å². The SMILES string of the molecule is CC1CCN(CCCCCCOc2ccc(Br)c(F)c2)CC1. The Morgan fingerprint density at radius 3 is 2.64 bits per heavy atom. The van der Waals surface area contributed by atoms with Gasteiger partial charge in [0.1, 0.15) is 11.6 Å². The Kier molecular flexibility index (Phi) is 7.67. The van der Waals surface area contributed by atoms with Crippen molar-refractivity contribution in [3.05, 3.63) is 28.5 Å².